The number of rotatable bonds is 5. The van der Waals surface area contributed by atoms with Gasteiger partial charge in [0.25, 0.3) is 5.91 Å². The number of carbonyl (C=O) groups is 1. The van der Waals surface area contributed by atoms with Gasteiger partial charge in [-0.2, -0.15) is 0 Å². The van der Waals surface area contributed by atoms with Crippen LogP contribution in [0, 0.1) is 0 Å². The SMILES string of the molecule is Cn1c(-c2ccccc2)c([C@@H]2c3ccccc3C(=O)N2CCCCl)c2ccccc21. The predicted octanol–water partition coefficient (Wildman–Crippen LogP) is 6.02. The molecule has 3 nitrogen and oxygen atoms in total. The van der Waals surface area contributed by atoms with Crippen LogP contribution < -0.4 is 0 Å². The summed E-state index contributed by atoms with van der Waals surface area (Å²) in [6, 6.07) is 26.8. The van der Waals surface area contributed by atoms with Gasteiger partial charge < -0.3 is 9.47 Å². The molecule has 1 amide bonds. The molecular formula is C26H23ClN2O. The van der Waals surface area contributed by atoms with Crippen molar-refractivity contribution in [1.29, 1.82) is 0 Å². The number of para-hydroxylation sites is 1. The molecule has 3 aromatic carbocycles. The van der Waals surface area contributed by atoms with Crippen LogP contribution in [0.15, 0.2) is 78.9 Å². The Labute approximate surface area is 181 Å². The molecule has 1 aromatic heterocycles. The van der Waals surface area contributed by atoms with E-state index >= 15 is 0 Å². The highest BCUT2D eigenvalue weighted by Gasteiger charge is 2.40. The second kappa shape index (κ2) is 7.66. The van der Waals surface area contributed by atoms with Crippen LogP contribution in [0.2, 0.25) is 0 Å². The first kappa shape index (κ1) is 19.0. The van der Waals surface area contributed by atoms with Gasteiger partial charge in [0.1, 0.15) is 0 Å². The summed E-state index contributed by atoms with van der Waals surface area (Å²) in [4.78, 5) is 15.4. The Kier molecular flexibility index (Phi) is 4.84. The largest absolute Gasteiger partial charge is 0.343 e. The lowest BCUT2D eigenvalue weighted by Gasteiger charge is -2.27. The molecule has 4 aromatic rings. The van der Waals surface area contributed by atoms with Gasteiger partial charge >= 0.3 is 0 Å². The van der Waals surface area contributed by atoms with Crippen LogP contribution in [-0.4, -0.2) is 27.8 Å². The molecule has 5 rings (SSSR count). The van der Waals surface area contributed by atoms with Crippen molar-refractivity contribution in [3.05, 3.63) is 95.6 Å². The van der Waals surface area contributed by atoms with E-state index in [1.54, 1.807) is 0 Å². The molecule has 30 heavy (non-hydrogen) atoms. The van der Waals surface area contributed by atoms with Gasteiger partial charge in [-0.3, -0.25) is 4.79 Å². The Morgan fingerprint density at radius 1 is 0.900 bits per heavy atom. The third-order valence-electron chi connectivity index (χ3n) is 6.06. The Balaban J connectivity index is 1.82. The molecule has 0 radical (unpaired) electrons. The third kappa shape index (κ3) is 2.85. The zero-order valence-electron chi connectivity index (χ0n) is 16.9. The molecule has 4 heteroatoms. The zero-order chi connectivity index (χ0) is 20.7. The Morgan fingerprint density at radius 3 is 2.40 bits per heavy atom. The molecule has 0 bridgehead atoms. The molecule has 0 fully saturated rings. The first-order valence-electron chi connectivity index (χ1n) is 10.3. The molecule has 1 atom stereocenters. The van der Waals surface area contributed by atoms with Crippen LogP contribution in [0.5, 0.6) is 0 Å². The normalized spacial score (nSPS) is 15.7. The van der Waals surface area contributed by atoms with E-state index in [9.17, 15) is 4.79 Å². The predicted molar refractivity (Wildman–Crippen MR) is 123 cm³/mol. The summed E-state index contributed by atoms with van der Waals surface area (Å²) >= 11 is 6.02. The van der Waals surface area contributed by atoms with Crippen molar-refractivity contribution in [1.82, 2.24) is 9.47 Å². The molecule has 1 aliphatic rings. The minimum atomic E-state index is -0.127. The standard InChI is InChI=1S/C26H23ClN2O/c1-28-22-15-8-7-14-21(22)23(24(28)18-10-3-2-4-11-18)25-19-12-5-6-13-20(19)26(30)29(25)17-9-16-27/h2-8,10-15,25H,9,16-17H2,1H3/t25-/m0/s1. The first-order chi connectivity index (χ1) is 14.7. The zero-order valence-corrected chi connectivity index (χ0v) is 17.6. The number of alkyl halides is 1. The van der Waals surface area contributed by atoms with Gasteiger partial charge in [0.05, 0.1) is 11.7 Å². The smallest absolute Gasteiger partial charge is 0.255 e. The van der Waals surface area contributed by atoms with Gasteiger partial charge in [0.2, 0.25) is 0 Å². The number of amides is 1. The average molecular weight is 415 g/mol. The quantitative estimate of drug-likeness (QED) is 0.366. The van der Waals surface area contributed by atoms with Crippen molar-refractivity contribution in [3.8, 4) is 11.3 Å². The van der Waals surface area contributed by atoms with Crippen molar-refractivity contribution in [2.45, 2.75) is 12.5 Å². The van der Waals surface area contributed by atoms with Crippen molar-refractivity contribution in [2.75, 3.05) is 12.4 Å². The Hall–Kier alpha value is -3.04. The second-order valence-corrected chi connectivity index (χ2v) is 8.11. The van der Waals surface area contributed by atoms with Gasteiger partial charge in [-0.1, -0.05) is 66.7 Å². The van der Waals surface area contributed by atoms with Crippen LogP contribution in [0.3, 0.4) is 0 Å². The van der Waals surface area contributed by atoms with Crippen LogP contribution in [0.1, 0.15) is 33.9 Å². The molecule has 150 valence electrons. The number of hydrogen-bond acceptors (Lipinski definition) is 1. The molecule has 1 aliphatic heterocycles. The highest BCUT2D eigenvalue weighted by Crippen LogP contribution is 2.46. The summed E-state index contributed by atoms with van der Waals surface area (Å²) in [7, 11) is 2.11. The van der Waals surface area contributed by atoms with E-state index in [0.717, 1.165) is 28.8 Å². The fraction of sp³-hybridized carbons (Fsp3) is 0.192. The molecule has 0 spiro atoms. The third-order valence-corrected chi connectivity index (χ3v) is 6.32. The first-order valence-corrected chi connectivity index (χ1v) is 10.8. The number of hydrogen-bond donors (Lipinski definition) is 0. The van der Waals surface area contributed by atoms with Gasteiger partial charge in [-0.25, -0.2) is 0 Å². The molecule has 0 saturated heterocycles. The maximum absolute atomic E-state index is 13.4. The summed E-state index contributed by atoms with van der Waals surface area (Å²) in [5.41, 5.74) is 6.53. The van der Waals surface area contributed by atoms with Crippen molar-refractivity contribution < 1.29 is 4.79 Å². The number of carbonyl (C=O) groups excluding carboxylic acids is 1. The van der Waals surface area contributed by atoms with Crippen molar-refractivity contribution >= 4 is 28.4 Å². The summed E-state index contributed by atoms with van der Waals surface area (Å²) < 4.78 is 2.26. The number of benzene rings is 3. The summed E-state index contributed by atoms with van der Waals surface area (Å²) in [6.45, 7) is 0.638. The second-order valence-electron chi connectivity index (χ2n) is 7.74. The number of fused-ring (bicyclic) bond motifs is 2. The molecule has 0 aliphatic carbocycles. The van der Waals surface area contributed by atoms with Crippen molar-refractivity contribution in [3.63, 3.8) is 0 Å². The van der Waals surface area contributed by atoms with E-state index in [0.29, 0.717) is 12.4 Å². The number of nitrogens with zero attached hydrogens (tertiary/aromatic N) is 2. The molecular weight excluding hydrogens is 392 g/mol. The van der Waals surface area contributed by atoms with Crippen molar-refractivity contribution in [2.24, 2.45) is 7.05 Å². The monoisotopic (exact) mass is 414 g/mol. The number of halogens is 1. The number of aromatic nitrogens is 1. The number of aryl methyl sites for hydroxylation is 1. The van der Waals surface area contributed by atoms with Gasteiger partial charge in [0.15, 0.2) is 0 Å². The lowest BCUT2D eigenvalue weighted by atomic mass is 9.93. The maximum Gasteiger partial charge on any atom is 0.255 e. The van der Waals surface area contributed by atoms with Crippen LogP contribution in [0.4, 0.5) is 0 Å². The highest BCUT2D eigenvalue weighted by molar-refractivity contribution is 6.17. The van der Waals surface area contributed by atoms with Gasteiger partial charge in [0, 0.05) is 41.5 Å². The molecule has 0 N–H and O–H groups in total. The summed E-state index contributed by atoms with van der Waals surface area (Å²) in [5, 5.41) is 1.18. The van der Waals surface area contributed by atoms with E-state index in [4.69, 9.17) is 11.6 Å². The van der Waals surface area contributed by atoms with E-state index in [1.165, 1.54) is 16.5 Å². The van der Waals surface area contributed by atoms with E-state index in [-0.39, 0.29) is 11.9 Å². The average Bonchev–Trinajstić information content (AvgIpc) is 3.24. The topological polar surface area (TPSA) is 25.2 Å². The molecule has 0 unspecified atom stereocenters. The fourth-order valence-electron chi connectivity index (χ4n) is 4.79. The highest BCUT2D eigenvalue weighted by atomic mass is 35.5. The van der Waals surface area contributed by atoms with E-state index in [1.807, 2.05) is 29.2 Å². The maximum atomic E-state index is 13.4. The summed E-state index contributed by atoms with van der Waals surface area (Å²) in [5.74, 6) is 0.626. The lowest BCUT2D eigenvalue weighted by Crippen LogP contribution is -2.30. The van der Waals surface area contributed by atoms with Crippen LogP contribution >= 0.6 is 11.6 Å². The van der Waals surface area contributed by atoms with Gasteiger partial charge in [-0.15, -0.1) is 11.6 Å². The molecule has 2 heterocycles. The Morgan fingerprint density at radius 2 is 1.60 bits per heavy atom. The van der Waals surface area contributed by atoms with E-state index < -0.39 is 0 Å². The van der Waals surface area contributed by atoms with Crippen LogP contribution in [-0.2, 0) is 7.05 Å². The molecule has 0 saturated carbocycles. The summed E-state index contributed by atoms with van der Waals surface area (Å²) in [6.07, 6.45) is 0.767. The minimum Gasteiger partial charge on any atom is -0.343 e. The fourth-order valence-corrected chi connectivity index (χ4v) is 4.91. The minimum absolute atomic E-state index is 0.0904. The Bertz CT molecular complexity index is 1230. The lowest BCUT2D eigenvalue weighted by molar-refractivity contribution is 0.0751. The van der Waals surface area contributed by atoms with Gasteiger partial charge in [-0.05, 0) is 29.7 Å². The van der Waals surface area contributed by atoms with Crippen LogP contribution in [0.25, 0.3) is 22.2 Å². The van der Waals surface area contributed by atoms with E-state index in [2.05, 4.69) is 66.2 Å².